The summed E-state index contributed by atoms with van der Waals surface area (Å²) in [7, 11) is 0. The van der Waals surface area contributed by atoms with Crippen LogP contribution in [0.2, 0.25) is 0 Å². The summed E-state index contributed by atoms with van der Waals surface area (Å²) in [5.74, 6) is 0.119. The summed E-state index contributed by atoms with van der Waals surface area (Å²) < 4.78 is 5.51. The van der Waals surface area contributed by atoms with Gasteiger partial charge in [-0.15, -0.1) is 11.8 Å². The molecular weight excluding hydrogens is 288 g/mol. The van der Waals surface area contributed by atoms with E-state index in [9.17, 15) is 9.90 Å². The number of ether oxygens (including phenoxy) is 1. The lowest BCUT2D eigenvalue weighted by molar-refractivity contribution is -0.148. The molecule has 0 bridgehead atoms. The number of carbonyl (C=O) groups is 1. The molecule has 1 heterocycles. The summed E-state index contributed by atoms with van der Waals surface area (Å²) in [6.07, 6.45) is 0.674. The topological polar surface area (TPSA) is 66.8 Å². The molecule has 5 heteroatoms. The van der Waals surface area contributed by atoms with Crippen molar-refractivity contribution < 1.29 is 19.7 Å². The highest BCUT2D eigenvalue weighted by atomic mass is 32.2. The lowest BCUT2D eigenvalue weighted by Gasteiger charge is -2.12. The Morgan fingerprint density at radius 3 is 2.67 bits per heavy atom. The predicted molar refractivity (Wildman–Crippen MR) is 81.9 cm³/mol. The maximum absolute atomic E-state index is 10.9. The largest absolute Gasteiger partial charge is 0.507 e. The highest BCUT2D eigenvalue weighted by molar-refractivity contribution is 7.99. The molecule has 2 unspecified atom stereocenters. The summed E-state index contributed by atoms with van der Waals surface area (Å²) in [4.78, 5) is 11.9. The van der Waals surface area contributed by atoms with Gasteiger partial charge in [0.1, 0.15) is 5.75 Å². The van der Waals surface area contributed by atoms with Gasteiger partial charge in [0.2, 0.25) is 0 Å². The van der Waals surface area contributed by atoms with E-state index in [4.69, 9.17) is 9.84 Å². The summed E-state index contributed by atoms with van der Waals surface area (Å²) >= 11 is 1.64. The molecule has 2 N–H and O–H groups in total. The number of carboxylic acid groups (broad SMARTS) is 1. The SMILES string of the molecule is O=C(O)C1CCC(CSc2ccc(O)c3ccccc23)O1. The van der Waals surface area contributed by atoms with E-state index in [1.54, 1.807) is 17.8 Å². The van der Waals surface area contributed by atoms with E-state index in [2.05, 4.69) is 0 Å². The van der Waals surface area contributed by atoms with Gasteiger partial charge in [0.05, 0.1) is 6.10 Å². The van der Waals surface area contributed by atoms with Gasteiger partial charge >= 0.3 is 5.97 Å². The molecule has 0 spiro atoms. The summed E-state index contributed by atoms with van der Waals surface area (Å²) in [5.41, 5.74) is 0. The minimum absolute atomic E-state index is 0.0244. The van der Waals surface area contributed by atoms with Crippen LogP contribution in [-0.2, 0) is 9.53 Å². The van der Waals surface area contributed by atoms with Crippen molar-refractivity contribution in [2.75, 3.05) is 5.75 Å². The van der Waals surface area contributed by atoms with Crippen LogP contribution in [-0.4, -0.2) is 34.1 Å². The number of phenols is 1. The number of aliphatic carboxylic acids is 1. The van der Waals surface area contributed by atoms with Crippen LogP contribution in [0.15, 0.2) is 41.3 Å². The highest BCUT2D eigenvalue weighted by Crippen LogP contribution is 2.35. The second-order valence-corrected chi connectivity index (χ2v) is 6.16. The fourth-order valence-electron chi connectivity index (χ4n) is 2.57. The maximum atomic E-state index is 10.9. The van der Waals surface area contributed by atoms with Crippen LogP contribution in [0.5, 0.6) is 5.75 Å². The zero-order chi connectivity index (χ0) is 14.8. The zero-order valence-electron chi connectivity index (χ0n) is 11.4. The Morgan fingerprint density at radius 1 is 1.19 bits per heavy atom. The Hall–Kier alpha value is -1.72. The maximum Gasteiger partial charge on any atom is 0.332 e. The molecule has 2 aromatic rings. The van der Waals surface area contributed by atoms with E-state index in [1.807, 2.05) is 30.3 Å². The van der Waals surface area contributed by atoms with Crippen LogP contribution in [0.1, 0.15) is 12.8 Å². The zero-order valence-corrected chi connectivity index (χ0v) is 12.2. The Morgan fingerprint density at radius 2 is 1.95 bits per heavy atom. The van der Waals surface area contributed by atoms with Gasteiger partial charge in [0.25, 0.3) is 0 Å². The number of rotatable bonds is 4. The summed E-state index contributed by atoms with van der Waals surface area (Å²) in [5, 5.41) is 20.6. The Kier molecular flexibility index (Phi) is 4.03. The molecule has 110 valence electrons. The minimum Gasteiger partial charge on any atom is -0.507 e. The normalized spacial score (nSPS) is 21.7. The first kappa shape index (κ1) is 14.2. The van der Waals surface area contributed by atoms with Crippen LogP contribution < -0.4 is 0 Å². The molecule has 21 heavy (non-hydrogen) atoms. The van der Waals surface area contributed by atoms with E-state index in [0.29, 0.717) is 6.42 Å². The molecule has 1 fully saturated rings. The van der Waals surface area contributed by atoms with Crippen LogP contribution in [0.3, 0.4) is 0 Å². The number of phenolic OH excluding ortho intramolecular Hbond substituents is 1. The molecule has 1 aliphatic rings. The molecule has 0 aliphatic carbocycles. The molecule has 0 amide bonds. The number of aromatic hydroxyl groups is 1. The summed E-state index contributed by atoms with van der Waals surface area (Å²) in [6, 6.07) is 11.3. The van der Waals surface area contributed by atoms with Gasteiger partial charge in [-0.1, -0.05) is 24.3 Å². The summed E-state index contributed by atoms with van der Waals surface area (Å²) in [6.45, 7) is 0. The van der Waals surface area contributed by atoms with Crippen molar-refractivity contribution in [1.29, 1.82) is 0 Å². The van der Waals surface area contributed by atoms with Gasteiger partial charge in [0, 0.05) is 16.0 Å². The standard InChI is InChI=1S/C16H16O4S/c17-13-6-8-15(12-4-2-1-3-11(12)13)21-9-10-5-7-14(20-10)16(18)19/h1-4,6,8,10,14,17H,5,7,9H2,(H,18,19). The number of hydrogen-bond acceptors (Lipinski definition) is 4. The molecule has 1 saturated heterocycles. The fraction of sp³-hybridized carbons (Fsp3) is 0.312. The van der Waals surface area contributed by atoms with Crippen LogP contribution >= 0.6 is 11.8 Å². The number of carboxylic acids is 1. The first-order valence-electron chi connectivity index (χ1n) is 6.87. The van der Waals surface area contributed by atoms with Crippen LogP contribution in [0, 0.1) is 0 Å². The van der Waals surface area contributed by atoms with Gasteiger partial charge in [-0.25, -0.2) is 4.79 Å². The third-order valence-corrected chi connectivity index (χ3v) is 4.87. The van der Waals surface area contributed by atoms with E-state index in [1.165, 1.54) is 0 Å². The third-order valence-electron chi connectivity index (χ3n) is 3.67. The van der Waals surface area contributed by atoms with Crippen molar-refractivity contribution in [2.24, 2.45) is 0 Å². The quantitative estimate of drug-likeness (QED) is 0.849. The van der Waals surface area contributed by atoms with Crippen molar-refractivity contribution >= 4 is 28.5 Å². The van der Waals surface area contributed by atoms with Gasteiger partial charge in [-0.05, 0) is 30.4 Å². The number of thioether (sulfide) groups is 1. The Labute approximate surface area is 126 Å². The number of fused-ring (bicyclic) bond motifs is 1. The minimum atomic E-state index is -0.877. The van der Waals surface area contributed by atoms with Gasteiger partial charge < -0.3 is 14.9 Å². The van der Waals surface area contributed by atoms with Gasteiger partial charge in [0.15, 0.2) is 6.10 Å². The molecule has 0 radical (unpaired) electrons. The Balaban J connectivity index is 1.72. The fourth-order valence-corrected chi connectivity index (χ4v) is 3.68. The van der Waals surface area contributed by atoms with Crippen molar-refractivity contribution in [3.8, 4) is 5.75 Å². The third kappa shape index (κ3) is 2.99. The molecule has 2 aromatic carbocycles. The molecular formula is C16H16O4S. The predicted octanol–water partition coefficient (Wildman–Crippen LogP) is 3.27. The lowest BCUT2D eigenvalue weighted by Crippen LogP contribution is -2.21. The average molecular weight is 304 g/mol. The number of benzene rings is 2. The van der Waals surface area contributed by atoms with Crippen molar-refractivity contribution in [1.82, 2.24) is 0 Å². The smallest absolute Gasteiger partial charge is 0.332 e. The molecule has 4 nitrogen and oxygen atoms in total. The van der Waals surface area contributed by atoms with E-state index in [-0.39, 0.29) is 11.9 Å². The van der Waals surface area contributed by atoms with E-state index in [0.717, 1.165) is 27.8 Å². The van der Waals surface area contributed by atoms with E-state index < -0.39 is 12.1 Å². The van der Waals surface area contributed by atoms with Crippen LogP contribution in [0.4, 0.5) is 0 Å². The molecule has 0 saturated carbocycles. The second-order valence-electron chi connectivity index (χ2n) is 5.10. The highest BCUT2D eigenvalue weighted by Gasteiger charge is 2.30. The van der Waals surface area contributed by atoms with Crippen molar-refractivity contribution in [3.63, 3.8) is 0 Å². The molecule has 2 atom stereocenters. The average Bonchev–Trinajstić information content (AvgIpc) is 2.96. The second kappa shape index (κ2) is 5.95. The van der Waals surface area contributed by atoms with Gasteiger partial charge in [-0.3, -0.25) is 0 Å². The number of hydrogen-bond donors (Lipinski definition) is 2. The van der Waals surface area contributed by atoms with E-state index >= 15 is 0 Å². The Bertz CT molecular complexity index is 670. The monoisotopic (exact) mass is 304 g/mol. The first-order chi connectivity index (χ1) is 10.1. The molecule has 1 aliphatic heterocycles. The first-order valence-corrected chi connectivity index (χ1v) is 7.85. The van der Waals surface area contributed by atoms with Crippen molar-refractivity contribution in [3.05, 3.63) is 36.4 Å². The van der Waals surface area contributed by atoms with Gasteiger partial charge in [-0.2, -0.15) is 0 Å². The molecule has 3 rings (SSSR count). The molecule has 0 aromatic heterocycles. The lowest BCUT2D eigenvalue weighted by atomic mass is 10.1. The van der Waals surface area contributed by atoms with Crippen molar-refractivity contribution in [2.45, 2.75) is 29.9 Å². The van der Waals surface area contributed by atoms with Crippen LogP contribution in [0.25, 0.3) is 10.8 Å².